The maximum atomic E-state index is 11.9. The number of benzene rings is 1. The number of nitrogens with one attached hydrogen (secondary N) is 2. The zero-order chi connectivity index (χ0) is 17.0. The summed E-state index contributed by atoms with van der Waals surface area (Å²) < 4.78 is 26.3. The number of nitrogens with two attached hydrogens (primary N) is 1. The number of aliphatic imine (C=N–C) groups is 1. The lowest BCUT2D eigenvalue weighted by molar-refractivity contribution is 0.580. The van der Waals surface area contributed by atoms with Crippen LogP contribution in [-0.4, -0.2) is 33.2 Å². The second-order valence-corrected chi connectivity index (χ2v) is 7.31. The fourth-order valence-electron chi connectivity index (χ4n) is 1.97. The SMILES string of the molecule is CCCCCCN=C(N)NCCS(=O)(=O)NCc1ccccc1. The fourth-order valence-corrected chi connectivity index (χ4v) is 2.87. The van der Waals surface area contributed by atoms with Crippen molar-refractivity contribution in [3.8, 4) is 0 Å². The highest BCUT2D eigenvalue weighted by molar-refractivity contribution is 7.89. The van der Waals surface area contributed by atoms with E-state index in [0.29, 0.717) is 19.0 Å². The average molecular weight is 340 g/mol. The lowest BCUT2D eigenvalue weighted by Gasteiger charge is -2.08. The van der Waals surface area contributed by atoms with Crippen molar-refractivity contribution in [3.05, 3.63) is 35.9 Å². The van der Waals surface area contributed by atoms with Crippen LogP contribution in [-0.2, 0) is 16.6 Å². The number of nitrogens with zero attached hydrogens (tertiary/aromatic N) is 1. The van der Waals surface area contributed by atoms with Crippen molar-refractivity contribution in [3.63, 3.8) is 0 Å². The van der Waals surface area contributed by atoms with Crippen LogP contribution >= 0.6 is 0 Å². The Hall–Kier alpha value is -1.60. The van der Waals surface area contributed by atoms with Crippen molar-refractivity contribution < 1.29 is 8.42 Å². The highest BCUT2D eigenvalue weighted by Gasteiger charge is 2.09. The molecule has 1 rings (SSSR count). The van der Waals surface area contributed by atoms with Gasteiger partial charge < -0.3 is 11.1 Å². The lowest BCUT2D eigenvalue weighted by atomic mass is 10.2. The number of hydrogen-bond acceptors (Lipinski definition) is 3. The lowest BCUT2D eigenvalue weighted by Crippen LogP contribution is -2.38. The summed E-state index contributed by atoms with van der Waals surface area (Å²) in [6, 6.07) is 9.41. The molecule has 0 unspecified atom stereocenters. The van der Waals surface area contributed by atoms with Gasteiger partial charge in [-0.05, 0) is 12.0 Å². The van der Waals surface area contributed by atoms with Crippen molar-refractivity contribution in [1.29, 1.82) is 0 Å². The third-order valence-electron chi connectivity index (χ3n) is 3.31. The smallest absolute Gasteiger partial charge is 0.213 e. The second kappa shape index (κ2) is 11.0. The van der Waals surface area contributed by atoms with Gasteiger partial charge in [0.05, 0.1) is 5.75 Å². The van der Waals surface area contributed by atoms with E-state index in [9.17, 15) is 8.42 Å². The Morgan fingerprint density at radius 2 is 1.91 bits per heavy atom. The summed E-state index contributed by atoms with van der Waals surface area (Å²) >= 11 is 0. The summed E-state index contributed by atoms with van der Waals surface area (Å²) in [7, 11) is -3.33. The Labute approximate surface area is 139 Å². The van der Waals surface area contributed by atoms with Gasteiger partial charge in [0.2, 0.25) is 10.0 Å². The molecular weight excluding hydrogens is 312 g/mol. The summed E-state index contributed by atoms with van der Waals surface area (Å²) in [5.41, 5.74) is 6.63. The van der Waals surface area contributed by atoms with Gasteiger partial charge in [-0.3, -0.25) is 4.99 Å². The van der Waals surface area contributed by atoms with E-state index in [1.165, 1.54) is 12.8 Å². The molecule has 4 N–H and O–H groups in total. The van der Waals surface area contributed by atoms with Gasteiger partial charge >= 0.3 is 0 Å². The highest BCUT2D eigenvalue weighted by Crippen LogP contribution is 1.99. The standard InChI is InChI=1S/C16H28N4O2S/c1-2-3-4-8-11-18-16(17)19-12-13-23(21,22)20-14-15-9-6-5-7-10-15/h5-7,9-10,20H,2-4,8,11-14H2,1H3,(H3,17,18,19). The van der Waals surface area contributed by atoms with E-state index in [2.05, 4.69) is 22.0 Å². The van der Waals surface area contributed by atoms with Crippen LogP contribution in [0.3, 0.4) is 0 Å². The minimum atomic E-state index is -3.33. The summed E-state index contributed by atoms with van der Waals surface area (Å²) in [4.78, 5) is 4.18. The molecule has 0 saturated heterocycles. The molecule has 0 amide bonds. The maximum absolute atomic E-state index is 11.9. The van der Waals surface area contributed by atoms with Crippen LogP contribution in [0.25, 0.3) is 0 Å². The van der Waals surface area contributed by atoms with Crippen LogP contribution in [0.15, 0.2) is 35.3 Å². The largest absolute Gasteiger partial charge is 0.370 e. The van der Waals surface area contributed by atoms with Crippen LogP contribution in [0.2, 0.25) is 0 Å². The van der Waals surface area contributed by atoms with E-state index in [1.54, 1.807) is 0 Å². The predicted molar refractivity (Wildman–Crippen MR) is 95.7 cm³/mol. The van der Waals surface area contributed by atoms with Crippen LogP contribution in [0.4, 0.5) is 0 Å². The van der Waals surface area contributed by atoms with Crippen molar-refractivity contribution >= 4 is 16.0 Å². The zero-order valence-corrected chi connectivity index (χ0v) is 14.6. The van der Waals surface area contributed by atoms with Crippen LogP contribution < -0.4 is 15.8 Å². The number of unbranched alkanes of at least 4 members (excludes halogenated alkanes) is 3. The highest BCUT2D eigenvalue weighted by atomic mass is 32.2. The Bertz CT molecular complexity index is 559. The summed E-state index contributed by atoms with van der Waals surface area (Å²) in [5.74, 6) is 0.270. The second-order valence-electron chi connectivity index (χ2n) is 5.38. The molecular formula is C16H28N4O2S. The van der Waals surface area contributed by atoms with Gasteiger partial charge in [0.1, 0.15) is 0 Å². The molecule has 0 heterocycles. The van der Waals surface area contributed by atoms with Gasteiger partial charge in [-0.25, -0.2) is 13.1 Å². The fraction of sp³-hybridized carbons (Fsp3) is 0.562. The molecule has 6 nitrogen and oxygen atoms in total. The van der Waals surface area contributed by atoms with Crippen LogP contribution in [0.1, 0.15) is 38.2 Å². The molecule has 1 aromatic rings. The van der Waals surface area contributed by atoms with E-state index in [4.69, 9.17) is 5.73 Å². The third kappa shape index (κ3) is 9.91. The normalized spacial score (nSPS) is 12.3. The van der Waals surface area contributed by atoms with Gasteiger partial charge in [0.25, 0.3) is 0 Å². The van der Waals surface area contributed by atoms with Gasteiger partial charge in [-0.1, -0.05) is 56.5 Å². The number of sulfonamides is 1. The van der Waals surface area contributed by atoms with Crippen molar-refractivity contribution in [2.45, 2.75) is 39.2 Å². The minimum absolute atomic E-state index is 0.0358. The maximum Gasteiger partial charge on any atom is 0.213 e. The van der Waals surface area contributed by atoms with Crippen molar-refractivity contribution in [1.82, 2.24) is 10.0 Å². The van der Waals surface area contributed by atoms with Crippen LogP contribution in [0.5, 0.6) is 0 Å². The minimum Gasteiger partial charge on any atom is -0.370 e. The molecule has 0 atom stereocenters. The van der Waals surface area contributed by atoms with E-state index in [0.717, 1.165) is 18.4 Å². The quantitative estimate of drug-likeness (QED) is 0.324. The molecule has 1 aromatic carbocycles. The van der Waals surface area contributed by atoms with E-state index < -0.39 is 10.0 Å². The van der Waals surface area contributed by atoms with Crippen molar-refractivity contribution in [2.75, 3.05) is 18.8 Å². The molecule has 0 spiro atoms. The molecule has 0 aromatic heterocycles. The first-order valence-electron chi connectivity index (χ1n) is 8.08. The average Bonchev–Trinajstić information content (AvgIpc) is 2.54. The number of rotatable bonds is 11. The molecule has 7 heteroatoms. The van der Waals surface area contributed by atoms with Crippen molar-refractivity contribution in [2.24, 2.45) is 10.7 Å². The van der Waals surface area contributed by atoms with Gasteiger partial charge in [-0.2, -0.15) is 0 Å². The summed E-state index contributed by atoms with van der Waals surface area (Å²) in [5, 5.41) is 2.84. The molecule has 0 aliphatic rings. The first kappa shape index (κ1) is 19.4. The third-order valence-corrected chi connectivity index (χ3v) is 4.64. The summed E-state index contributed by atoms with van der Waals surface area (Å²) in [6.07, 6.45) is 4.54. The first-order valence-corrected chi connectivity index (χ1v) is 9.74. The Balaban J connectivity index is 2.21. The zero-order valence-electron chi connectivity index (χ0n) is 13.8. The molecule has 130 valence electrons. The van der Waals surface area contributed by atoms with E-state index in [1.807, 2.05) is 30.3 Å². The monoisotopic (exact) mass is 340 g/mol. The molecule has 0 aliphatic carbocycles. The van der Waals surface area contributed by atoms with Gasteiger partial charge in [-0.15, -0.1) is 0 Å². The Kier molecular flexibility index (Phi) is 9.31. The van der Waals surface area contributed by atoms with E-state index in [-0.39, 0.29) is 12.3 Å². The van der Waals surface area contributed by atoms with Gasteiger partial charge in [0.15, 0.2) is 5.96 Å². The molecule has 23 heavy (non-hydrogen) atoms. The molecule has 0 bridgehead atoms. The topological polar surface area (TPSA) is 96.6 Å². The van der Waals surface area contributed by atoms with E-state index >= 15 is 0 Å². The summed E-state index contributed by atoms with van der Waals surface area (Å²) in [6.45, 7) is 3.38. The molecule has 0 fully saturated rings. The molecule has 0 radical (unpaired) electrons. The Morgan fingerprint density at radius 3 is 2.61 bits per heavy atom. The first-order chi connectivity index (χ1) is 11.0. The predicted octanol–water partition coefficient (Wildman–Crippen LogP) is 1.59. The molecule has 0 saturated carbocycles. The van der Waals surface area contributed by atoms with Gasteiger partial charge in [0, 0.05) is 19.6 Å². The van der Waals surface area contributed by atoms with Crippen LogP contribution in [0, 0.1) is 0 Å². The number of hydrogen-bond donors (Lipinski definition) is 3. The number of guanidine groups is 1. The Morgan fingerprint density at radius 1 is 1.17 bits per heavy atom. The molecule has 0 aliphatic heterocycles.